The van der Waals surface area contributed by atoms with Crippen LogP contribution in [0.3, 0.4) is 0 Å². The summed E-state index contributed by atoms with van der Waals surface area (Å²) in [7, 11) is 0. The summed E-state index contributed by atoms with van der Waals surface area (Å²) in [4.78, 5) is 15.3. The molecule has 0 spiro atoms. The number of ether oxygens (including phenoxy) is 1. The van der Waals surface area contributed by atoms with Crippen LogP contribution in [0.1, 0.15) is 31.0 Å². The molecule has 0 saturated carbocycles. The molecule has 0 bridgehead atoms. The molecule has 3 rings (SSSR count). The molecular weight excluding hydrogens is 284 g/mol. The maximum Gasteiger partial charge on any atom is 0.238 e. The Hall–Kier alpha value is -1.04. The molecule has 2 heterocycles. The Kier molecular flexibility index (Phi) is 4.83. The van der Waals surface area contributed by atoms with E-state index in [0.29, 0.717) is 13.1 Å². The van der Waals surface area contributed by atoms with E-state index in [1.807, 2.05) is 4.90 Å². The lowest BCUT2D eigenvalue weighted by Gasteiger charge is -2.31. The highest BCUT2D eigenvalue weighted by atomic mass is 32.2. The van der Waals surface area contributed by atoms with Gasteiger partial charge in [-0.25, -0.2) is 0 Å². The maximum absolute atomic E-state index is 12.2. The number of rotatable bonds is 4. The molecule has 0 aliphatic carbocycles. The van der Waals surface area contributed by atoms with Crippen molar-refractivity contribution in [2.75, 3.05) is 26.0 Å². The van der Waals surface area contributed by atoms with E-state index in [-0.39, 0.29) is 18.2 Å². The van der Waals surface area contributed by atoms with Crippen LogP contribution in [0.4, 0.5) is 0 Å². The van der Waals surface area contributed by atoms with Gasteiger partial charge in [0, 0.05) is 18.0 Å². The van der Waals surface area contributed by atoms with Gasteiger partial charge in [0.05, 0.1) is 12.6 Å². The first-order chi connectivity index (χ1) is 10.3. The van der Waals surface area contributed by atoms with E-state index < -0.39 is 0 Å². The van der Waals surface area contributed by atoms with E-state index in [1.54, 1.807) is 11.8 Å². The number of hydrogen-bond donors (Lipinski definition) is 1. The van der Waals surface area contributed by atoms with Gasteiger partial charge in [-0.3, -0.25) is 10.1 Å². The van der Waals surface area contributed by atoms with Crippen LogP contribution in [-0.4, -0.2) is 42.9 Å². The number of nitrogens with zero attached hydrogens (tertiary/aromatic N) is 1. The van der Waals surface area contributed by atoms with Crippen LogP contribution in [-0.2, 0) is 9.53 Å². The van der Waals surface area contributed by atoms with Gasteiger partial charge in [-0.1, -0.05) is 12.1 Å². The molecule has 2 fully saturated rings. The zero-order chi connectivity index (χ0) is 14.7. The zero-order valence-electron chi connectivity index (χ0n) is 12.4. The molecule has 0 aromatic heterocycles. The lowest BCUT2D eigenvalue weighted by molar-refractivity contribution is -0.130. The summed E-state index contributed by atoms with van der Waals surface area (Å²) >= 11 is 1.73. The van der Waals surface area contributed by atoms with Gasteiger partial charge in [0.2, 0.25) is 5.91 Å². The van der Waals surface area contributed by atoms with E-state index in [2.05, 4.69) is 35.8 Å². The van der Waals surface area contributed by atoms with Crippen molar-refractivity contribution in [2.24, 2.45) is 0 Å². The molecule has 2 aliphatic heterocycles. The summed E-state index contributed by atoms with van der Waals surface area (Å²) in [6, 6.07) is 8.44. The van der Waals surface area contributed by atoms with Crippen LogP contribution < -0.4 is 5.32 Å². The van der Waals surface area contributed by atoms with Crippen molar-refractivity contribution in [1.82, 2.24) is 10.2 Å². The summed E-state index contributed by atoms with van der Waals surface area (Å²) in [5.41, 5.74) is 1.15. The number of carbonyl (C=O) groups is 1. The minimum absolute atomic E-state index is 0.0149. The molecule has 4 nitrogen and oxygen atoms in total. The zero-order valence-corrected chi connectivity index (χ0v) is 13.2. The fourth-order valence-electron chi connectivity index (χ4n) is 3.00. The summed E-state index contributed by atoms with van der Waals surface area (Å²) in [6.07, 6.45) is 5.64. The van der Waals surface area contributed by atoms with Crippen LogP contribution in [0.2, 0.25) is 0 Å². The first-order valence-electron chi connectivity index (χ1n) is 7.56. The average Bonchev–Trinajstić information content (AvgIpc) is 2.90. The number of benzene rings is 1. The second-order valence-electron chi connectivity index (χ2n) is 5.59. The Morgan fingerprint density at radius 1 is 1.33 bits per heavy atom. The molecule has 1 N–H and O–H groups in total. The average molecular weight is 306 g/mol. The highest BCUT2D eigenvalue weighted by Crippen LogP contribution is 2.26. The molecule has 21 heavy (non-hydrogen) atoms. The number of nitrogens with one attached hydrogen (secondary N) is 1. The van der Waals surface area contributed by atoms with Crippen molar-refractivity contribution in [3.63, 3.8) is 0 Å². The van der Waals surface area contributed by atoms with Gasteiger partial charge in [0.25, 0.3) is 0 Å². The molecular formula is C16H22N2O2S. The van der Waals surface area contributed by atoms with Crippen LogP contribution in [0.25, 0.3) is 0 Å². The summed E-state index contributed by atoms with van der Waals surface area (Å²) in [6.45, 7) is 1.94. The van der Waals surface area contributed by atoms with Gasteiger partial charge in [-0.2, -0.15) is 0 Å². The molecule has 2 aliphatic rings. The molecule has 2 saturated heterocycles. The molecule has 1 aromatic carbocycles. The van der Waals surface area contributed by atoms with Crippen molar-refractivity contribution in [3.8, 4) is 0 Å². The maximum atomic E-state index is 12.2. The number of amides is 1. The molecule has 1 amide bonds. The van der Waals surface area contributed by atoms with Crippen molar-refractivity contribution in [1.29, 1.82) is 0 Å². The molecule has 1 aromatic rings. The van der Waals surface area contributed by atoms with E-state index >= 15 is 0 Å². The number of hydrogen-bond acceptors (Lipinski definition) is 4. The van der Waals surface area contributed by atoms with E-state index in [9.17, 15) is 4.79 Å². The first kappa shape index (κ1) is 14.9. The monoisotopic (exact) mass is 306 g/mol. The lowest BCUT2D eigenvalue weighted by Crippen LogP contribution is -2.39. The van der Waals surface area contributed by atoms with Crippen molar-refractivity contribution < 1.29 is 9.53 Å². The van der Waals surface area contributed by atoms with Gasteiger partial charge < -0.3 is 9.64 Å². The fraction of sp³-hybridized carbons (Fsp3) is 0.562. The van der Waals surface area contributed by atoms with Gasteiger partial charge in [0.15, 0.2) is 0 Å². The second kappa shape index (κ2) is 6.81. The SMILES string of the molecule is CSc1ccc(C2NCC(=O)N2CC2CCCCO2)cc1. The summed E-state index contributed by atoms with van der Waals surface area (Å²) in [5.74, 6) is 0.170. The second-order valence-corrected chi connectivity index (χ2v) is 6.47. The highest BCUT2D eigenvalue weighted by molar-refractivity contribution is 7.98. The van der Waals surface area contributed by atoms with Crippen LogP contribution in [0.5, 0.6) is 0 Å². The largest absolute Gasteiger partial charge is 0.376 e. The standard InChI is InChI=1S/C16H22N2O2S/c1-21-14-7-5-12(6-8-14)16-17-10-15(19)18(16)11-13-4-2-3-9-20-13/h5-8,13,16-17H,2-4,9-11H2,1H3. The number of thioether (sulfide) groups is 1. The van der Waals surface area contributed by atoms with Gasteiger partial charge in [-0.15, -0.1) is 11.8 Å². The summed E-state index contributed by atoms with van der Waals surface area (Å²) < 4.78 is 5.78. The Balaban J connectivity index is 1.71. The Bertz CT molecular complexity index is 486. The molecule has 0 radical (unpaired) electrons. The molecule has 2 unspecified atom stereocenters. The topological polar surface area (TPSA) is 41.6 Å². The lowest BCUT2D eigenvalue weighted by atomic mass is 10.1. The van der Waals surface area contributed by atoms with E-state index in [1.165, 1.54) is 11.3 Å². The third kappa shape index (κ3) is 3.42. The third-order valence-corrected chi connectivity index (χ3v) is 4.93. The normalized spacial score (nSPS) is 26.3. The van der Waals surface area contributed by atoms with Crippen LogP contribution in [0, 0.1) is 0 Å². The molecule has 5 heteroatoms. The Morgan fingerprint density at radius 3 is 2.81 bits per heavy atom. The Morgan fingerprint density at radius 2 is 2.14 bits per heavy atom. The molecule has 2 atom stereocenters. The fourth-order valence-corrected chi connectivity index (χ4v) is 3.41. The van der Waals surface area contributed by atoms with Crippen molar-refractivity contribution in [3.05, 3.63) is 29.8 Å². The predicted octanol–water partition coefficient (Wildman–Crippen LogP) is 2.41. The van der Waals surface area contributed by atoms with Crippen LogP contribution in [0.15, 0.2) is 29.2 Å². The number of carbonyl (C=O) groups excluding carboxylic acids is 1. The van der Waals surface area contributed by atoms with E-state index in [0.717, 1.165) is 25.0 Å². The quantitative estimate of drug-likeness (QED) is 0.868. The van der Waals surface area contributed by atoms with E-state index in [4.69, 9.17) is 4.74 Å². The van der Waals surface area contributed by atoms with Crippen molar-refractivity contribution >= 4 is 17.7 Å². The highest BCUT2D eigenvalue weighted by Gasteiger charge is 2.33. The van der Waals surface area contributed by atoms with Gasteiger partial charge in [-0.05, 0) is 43.2 Å². The smallest absolute Gasteiger partial charge is 0.238 e. The van der Waals surface area contributed by atoms with Crippen molar-refractivity contribution in [2.45, 2.75) is 36.4 Å². The van der Waals surface area contributed by atoms with Crippen LogP contribution >= 0.6 is 11.8 Å². The predicted molar refractivity (Wildman–Crippen MR) is 84.3 cm³/mol. The minimum atomic E-state index is -0.0149. The first-order valence-corrected chi connectivity index (χ1v) is 8.79. The minimum Gasteiger partial charge on any atom is -0.376 e. The van der Waals surface area contributed by atoms with Gasteiger partial charge in [0.1, 0.15) is 6.17 Å². The van der Waals surface area contributed by atoms with Gasteiger partial charge >= 0.3 is 0 Å². The summed E-state index contributed by atoms with van der Waals surface area (Å²) in [5, 5.41) is 3.31. The third-order valence-electron chi connectivity index (χ3n) is 4.18. The molecule has 114 valence electrons. The Labute approximate surface area is 130 Å².